The predicted octanol–water partition coefficient (Wildman–Crippen LogP) is 1.69. The van der Waals surface area contributed by atoms with E-state index in [1.165, 1.54) is 13.3 Å². The normalized spacial score (nSPS) is 16.9. The first kappa shape index (κ1) is 17.1. The Hall–Kier alpha value is -2.77. The van der Waals surface area contributed by atoms with Gasteiger partial charge in [-0.25, -0.2) is 15.0 Å². The zero-order valence-electron chi connectivity index (χ0n) is 14.6. The second-order valence-corrected chi connectivity index (χ2v) is 6.15. The Balaban J connectivity index is 1.91. The molecule has 0 spiro atoms. The van der Waals surface area contributed by atoms with Crippen molar-refractivity contribution < 1.29 is 14.0 Å². The minimum Gasteiger partial charge on any atom is -0.448 e. The molecule has 132 valence electrons. The van der Waals surface area contributed by atoms with Gasteiger partial charge in [0.2, 0.25) is 5.91 Å². The Kier molecular flexibility index (Phi) is 4.78. The maximum atomic E-state index is 12.9. The zero-order valence-corrected chi connectivity index (χ0v) is 14.6. The molecule has 8 nitrogen and oxygen atoms in total. The fraction of sp³-hybridized carbons (Fsp3) is 0.471. The van der Waals surface area contributed by atoms with Crippen LogP contribution in [0, 0.1) is 13.8 Å². The predicted molar refractivity (Wildman–Crippen MR) is 88.5 cm³/mol. The van der Waals surface area contributed by atoms with Crippen LogP contribution in [0.15, 0.2) is 17.0 Å². The van der Waals surface area contributed by atoms with Gasteiger partial charge in [-0.3, -0.25) is 9.59 Å². The zero-order chi connectivity index (χ0) is 18.0. The standard InChI is InChI=1S/C17H21N5O3/c1-10-15(20-9-25-10)17(24)22-6-4-5-14(22)16-13(8-19-12(3)23)7-18-11(2)21-16/h7,9,14H,4-6,8H2,1-3H3,(H,19,23)/t14-/m1/s1. The molecular formula is C17H21N5O3. The number of hydrogen-bond donors (Lipinski definition) is 1. The van der Waals surface area contributed by atoms with E-state index in [1.54, 1.807) is 18.0 Å². The van der Waals surface area contributed by atoms with Crippen molar-refractivity contribution in [3.63, 3.8) is 0 Å². The second-order valence-electron chi connectivity index (χ2n) is 6.15. The monoisotopic (exact) mass is 343 g/mol. The number of nitrogens with zero attached hydrogens (tertiary/aromatic N) is 4. The molecule has 0 saturated carbocycles. The fourth-order valence-electron chi connectivity index (χ4n) is 3.10. The average molecular weight is 343 g/mol. The molecule has 0 bridgehead atoms. The van der Waals surface area contributed by atoms with Gasteiger partial charge in [-0.05, 0) is 26.7 Å². The summed E-state index contributed by atoms with van der Waals surface area (Å²) in [5.41, 5.74) is 1.94. The van der Waals surface area contributed by atoms with Gasteiger partial charge in [0.15, 0.2) is 12.1 Å². The average Bonchev–Trinajstić information content (AvgIpc) is 3.21. The lowest BCUT2D eigenvalue weighted by atomic mass is 10.1. The van der Waals surface area contributed by atoms with Gasteiger partial charge in [-0.1, -0.05) is 0 Å². The van der Waals surface area contributed by atoms with Crippen LogP contribution in [0.2, 0.25) is 0 Å². The number of carbonyl (C=O) groups excluding carboxylic acids is 2. The van der Waals surface area contributed by atoms with Crippen molar-refractivity contribution in [3.8, 4) is 0 Å². The van der Waals surface area contributed by atoms with Crippen molar-refractivity contribution in [3.05, 3.63) is 41.1 Å². The molecule has 1 aliphatic heterocycles. The first-order valence-corrected chi connectivity index (χ1v) is 8.25. The van der Waals surface area contributed by atoms with Crippen molar-refractivity contribution in [1.29, 1.82) is 0 Å². The molecule has 1 N–H and O–H groups in total. The lowest BCUT2D eigenvalue weighted by Gasteiger charge is -2.25. The molecule has 2 aromatic heterocycles. The lowest BCUT2D eigenvalue weighted by molar-refractivity contribution is -0.119. The summed E-state index contributed by atoms with van der Waals surface area (Å²) in [6, 6.07) is -0.158. The van der Waals surface area contributed by atoms with Gasteiger partial charge in [0, 0.05) is 31.8 Å². The molecule has 3 heterocycles. The summed E-state index contributed by atoms with van der Waals surface area (Å²) >= 11 is 0. The van der Waals surface area contributed by atoms with E-state index in [2.05, 4.69) is 20.3 Å². The van der Waals surface area contributed by atoms with Crippen LogP contribution in [0.5, 0.6) is 0 Å². The van der Waals surface area contributed by atoms with E-state index in [-0.39, 0.29) is 17.9 Å². The van der Waals surface area contributed by atoms with E-state index in [0.29, 0.717) is 30.4 Å². The molecule has 0 aromatic carbocycles. The van der Waals surface area contributed by atoms with Crippen LogP contribution in [-0.4, -0.2) is 38.2 Å². The van der Waals surface area contributed by atoms with Gasteiger partial charge in [-0.2, -0.15) is 0 Å². The summed E-state index contributed by atoms with van der Waals surface area (Å²) in [5, 5.41) is 2.78. The number of aryl methyl sites for hydroxylation is 2. The highest BCUT2D eigenvalue weighted by atomic mass is 16.3. The highest BCUT2D eigenvalue weighted by molar-refractivity contribution is 5.93. The van der Waals surface area contributed by atoms with E-state index in [9.17, 15) is 9.59 Å². The summed E-state index contributed by atoms with van der Waals surface area (Å²) in [4.78, 5) is 38.7. The maximum Gasteiger partial charge on any atom is 0.276 e. The molecule has 2 amide bonds. The second kappa shape index (κ2) is 7.00. The highest BCUT2D eigenvalue weighted by Crippen LogP contribution is 2.34. The van der Waals surface area contributed by atoms with Gasteiger partial charge < -0.3 is 14.6 Å². The molecule has 0 radical (unpaired) electrons. The smallest absolute Gasteiger partial charge is 0.276 e. The number of oxazole rings is 1. The van der Waals surface area contributed by atoms with Gasteiger partial charge in [0.25, 0.3) is 5.91 Å². The Bertz CT molecular complexity index is 801. The Morgan fingerprint density at radius 2 is 2.16 bits per heavy atom. The Morgan fingerprint density at radius 3 is 2.84 bits per heavy atom. The molecule has 1 aliphatic rings. The van der Waals surface area contributed by atoms with Gasteiger partial charge in [-0.15, -0.1) is 0 Å². The summed E-state index contributed by atoms with van der Waals surface area (Å²) in [6.07, 6.45) is 4.70. The molecule has 2 aromatic rings. The van der Waals surface area contributed by atoms with Crippen LogP contribution in [0.3, 0.4) is 0 Å². The number of hydrogen-bond acceptors (Lipinski definition) is 6. The number of rotatable bonds is 4. The van der Waals surface area contributed by atoms with E-state index in [4.69, 9.17) is 4.42 Å². The fourth-order valence-corrected chi connectivity index (χ4v) is 3.10. The van der Waals surface area contributed by atoms with Crippen molar-refractivity contribution in [2.45, 2.75) is 46.2 Å². The molecule has 8 heteroatoms. The summed E-state index contributed by atoms with van der Waals surface area (Å²) < 4.78 is 5.16. The van der Waals surface area contributed by atoms with Gasteiger partial charge in [0.1, 0.15) is 11.6 Å². The SMILES string of the molecule is CC(=O)NCc1cnc(C)nc1[C@H]1CCCN1C(=O)c1ncoc1C. The number of amides is 2. The number of likely N-dealkylation sites (tertiary alicyclic amines) is 1. The first-order valence-electron chi connectivity index (χ1n) is 8.25. The molecular weight excluding hydrogens is 322 g/mol. The Labute approximate surface area is 145 Å². The number of nitrogens with one attached hydrogen (secondary N) is 1. The van der Waals surface area contributed by atoms with Gasteiger partial charge >= 0.3 is 0 Å². The lowest BCUT2D eigenvalue weighted by Crippen LogP contribution is -2.33. The molecule has 25 heavy (non-hydrogen) atoms. The van der Waals surface area contributed by atoms with Crippen LogP contribution >= 0.6 is 0 Å². The largest absolute Gasteiger partial charge is 0.448 e. The number of aromatic nitrogens is 3. The summed E-state index contributed by atoms with van der Waals surface area (Å²) in [6.45, 7) is 5.98. The van der Waals surface area contributed by atoms with Crippen LogP contribution in [0.25, 0.3) is 0 Å². The summed E-state index contributed by atoms with van der Waals surface area (Å²) in [5.74, 6) is 0.867. The van der Waals surface area contributed by atoms with Crippen molar-refractivity contribution >= 4 is 11.8 Å². The third-order valence-electron chi connectivity index (χ3n) is 4.32. The molecule has 1 saturated heterocycles. The minimum absolute atomic E-state index is 0.121. The third-order valence-corrected chi connectivity index (χ3v) is 4.32. The maximum absolute atomic E-state index is 12.9. The van der Waals surface area contributed by atoms with Crippen molar-refractivity contribution in [2.75, 3.05) is 6.54 Å². The van der Waals surface area contributed by atoms with Crippen LogP contribution in [-0.2, 0) is 11.3 Å². The van der Waals surface area contributed by atoms with Gasteiger partial charge in [0.05, 0.1) is 11.7 Å². The van der Waals surface area contributed by atoms with E-state index in [0.717, 1.165) is 24.1 Å². The molecule has 3 rings (SSSR count). The molecule has 0 aliphatic carbocycles. The van der Waals surface area contributed by atoms with Crippen LogP contribution in [0.1, 0.15) is 59.1 Å². The van der Waals surface area contributed by atoms with E-state index >= 15 is 0 Å². The van der Waals surface area contributed by atoms with Crippen molar-refractivity contribution in [1.82, 2.24) is 25.2 Å². The van der Waals surface area contributed by atoms with E-state index in [1.807, 2.05) is 6.92 Å². The van der Waals surface area contributed by atoms with Crippen molar-refractivity contribution in [2.24, 2.45) is 0 Å². The van der Waals surface area contributed by atoms with Crippen LogP contribution < -0.4 is 5.32 Å². The Morgan fingerprint density at radius 1 is 1.36 bits per heavy atom. The number of carbonyl (C=O) groups is 2. The van der Waals surface area contributed by atoms with Crippen LogP contribution in [0.4, 0.5) is 0 Å². The highest BCUT2D eigenvalue weighted by Gasteiger charge is 2.34. The molecule has 1 fully saturated rings. The summed E-state index contributed by atoms with van der Waals surface area (Å²) in [7, 11) is 0. The molecule has 0 unspecified atom stereocenters. The third kappa shape index (κ3) is 3.52. The van der Waals surface area contributed by atoms with E-state index < -0.39 is 0 Å². The first-order chi connectivity index (χ1) is 12.0. The quantitative estimate of drug-likeness (QED) is 0.906. The minimum atomic E-state index is -0.158. The molecule has 1 atom stereocenters. The topological polar surface area (TPSA) is 101 Å².